The van der Waals surface area contributed by atoms with E-state index in [4.69, 9.17) is 16.6 Å². The van der Waals surface area contributed by atoms with E-state index in [1.165, 1.54) is 48.5 Å². The van der Waals surface area contributed by atoms with Gasteiger partial charge in [0.1, 0.15) is 53.8 Å². The summed E-state index contributed by atoms with van der Waals surface area (Å²) in [6, 6.07) is -0.245. The maximum atomic E-state index is 14.2. The Bertz CT molecular complexity index is 2170. The minimum absolute atomic E-state index is 0.0191. The molecular formula is C46H67N9O15S2. The number of thiol groups is 2. The highest BCUT2D eigenvalue weighted by Crippen LogP contribution is 2.16. The van der Waals surface area contributed by atoms with Gasteiger partial charge in [-0.05, 0) is 80.0 Å². The Morgan fingerprint density at radius 3 is 1.36 bits per heavy atom. The average Bonchev–Trinajstić information content (AvgIpc) is 3.34. The number of aliphatic carboxylic acids is 3. The van der Waals surface area contributed by atoms with Crippen LogP contribution in [0.4, 0.5) is 0 Å². The summed E-state index contributed by atoms with van der Waals surface area (Å²) in [5.74, 6) is -11.9. The molecule has 0 saturated carbocycles. The van der Waals surface area contributed by atoms with Crippen LogP contribution in [0.3, 0.4) is 0 Å². The van der Waals surface area contributed by atoms with Crippen molar-refractivity contribution < 1.29 is 73.5 Å². The highest BCUT2D eigenvalue weighted by atomic mass is 32.1. The molecule has 7 amide bonds. The molecule has 0 radical (unpaired) electrons. The summed E-state index contributed by atoms with van der Waals surface area (Å²) in [7, 11) is 0. The van der Waals surface area contributed by atoms with Crippen LogP contribution in [0.25, 0.3) is 0 Å². The molecule has 2 aromatic carbocycles. The van der Waals surface area contributed by atoms with Crippen LogP contribution in [0.5, 0.6) is 11.5 Å². The van der Waals surface area contributed by atoms with Crippen LogP contribution < -0.4 is 48.7 Å². The lowest BCUT2D eigenvalue weighted by atomic mass is 9.96. The second-order valence-corrected chi connectivity index (χ2v) is 17.7. The first-order valence-corrected chi connectivity index (χ1v) is 24.3. The molecule has 0 heterocycles. The summed E-state index contributed by atoms with van der Waals surface area (Å²) >= 11 is 8.17. The molecule has 0 aliphatic rings. The third-order valence-corrected chi connectivity index (χ3v) is 12.0. The van der Waals surface area contributed by atoms with Crippen LogP contribution in [0.2, 0.25) is 0 Å². The lowest BCUT2D eigenvalue weighted by Gasteiger charge is -2.29. The maximum Gasteiger partial charge on any atom is 0.327 e. The van der Waals surface area contributed by atoms with Gasteiger partial charge in [0.2, 0.25) is 41.4 Å². The molecule has 72 heavy (non-hydrogen) atoms. The Hall–Kier alpha value is -6.64. The number of carboxylic acid groups (broad SMARTS) is 3. The molecule has 0 fully saturated rings. The first kappa shape index (κ1) is 61.5. The Kier molecular flexibility index (Phi) is 27.0. The molecule has 2 aromatic rings. The molecule has 0 saturated heterocycles. The van der Waals surface area contributed by atoms with Crippen molar-refractivity contribution in [1.82, 2.24) is 37.2 Å². The predicted octanol–water partition coefficient (Wildman–Crippen LogP) is -1.55. The number of nitrogens with two attached hydrogens (primary N) is 2. The van der Waals surface area contributed by atoms with Crippen LogP contribution in [0.1, 0.15) is 76.3 Å². The number of unbranched alkanes of at least 4 members (excludes halogenated alkanes) is 1. The minimum Gasteiger partial charge on any atom is -0.508 e. The molecule has 26 heteroatoms. The van der Waals surface area contributed by atoms with Crippen molar-refractivity contribution >= 4 is 84.5 Å². The number of aromatic hydroxyl groups is 2. The summed E-state index contributed by atoms with van der Waals surface area (Å²) in [5, 5.41) is 65.0. The number of benzene rings is 2. The van der Waals surface area contributed by atoms with E-state index >= 15 is 0 Å². The summed E-state index contributed by atoms with van der Waals surface area (Å²) in [6.45, 7) is 3.61. The maximum absolute atomic E-state index is 14.2. The first-order valence-electron chi connectivity index (χ1n) is 23.1. The Labute approximate surface area is 426 Å². The number of rotatable bonds is 33. The molecule has 0 aliphatic carbocycles. The fraction of sp³-hybridized carbons (Fsp3) is 0.522. The van der Waals surface area contributed by atoms with Crippen LogP contribution in [-0.2, 0) is 60.8 Å². The Balaban J connectivity index is 2.40. The zero-order chi connectivity index (χ0) is 54.1. The van der Waals surface area contributed by atoms with Gasteiger partial charge in [0.15, 0.2) is 0 Å². The van der Waals surface area contributed by atoms with E-state index in [1.54, 1.807) is 13.8 Å². The normalized spacial score (nSPS) is 14.8. The molecule has 0 spiro atoms. The van der Waals surface area contributed by atoms with E-state index in [9.17, 15) is 68.4 Å². The lowest BCUT2D eigenvalue weighted by Crippen LogP contribution is -2.61. The van der Waals surface area contributed by atoms with Gasteiger partial charge in [-0.2, -0.15) is 25.3 Å². The van der Waals surface area contributed by atoms with Gasteiger partial charge >= 0.3 is 17.9 Å². The van der Waals surface area contributed by atoms with Gasteiger partial charge in [0, 0.05) is 37.2 Å². The van der Waals surface area contributed by atoms with Crippen LogP contribution in [-0.4, -0.2) is 151 Å². The monoisotopic (exact) mass is 1050 g/mol. The van der Waals surface area contributed by atoms with Crippen molar-refractivity contribution in [2.75, 3.05) is 18.1 Å². The number of hydrogen-bond donors (Lipinski definition) is 16. The van der Waals surface area contributed by atoms with Crippen molar-refractivity contribution in [3.8, 4) is 11.5 Å². The number of carbonyl (C=O) groups excluding carboxylic acids is 7. The summed E-state index contributed by atoms with van der Waals surface area (Å²) in [6.07, 6.45) is -1.20. The van der Waals surface area contributed by atoms with Gasteiger partial charge in [-0.3, -0.25) is 43.2 Å². The SMILES string of the molecule is CC[C@H](C)[C@H](NC(=O)[C@H](Cc1ccc(O)cc1)NC(=O)[C@@H](N)CCC(=O)O)C(=O)N[C@@H](CCCCN)C(=O)N[C@@H](CS)C(=O)N[C@@H](CCC(=O)O)C(=O)N[C@@H](Cc1ccc(O)cc1)C(=O)N[C@@H](CS)C(=O)O. The van der Waals surface area contributed by atoms with E-state index in [2.05, 4.69) is 62.5 Å². The lowest BCUT2D eigenvalue weighted by molar-refractivity contribution is -0.141. The minimum atomic E-state index is -1.65. The van der Waals surface area contributed by atoms with E-state index in [0.717, 1.165) is 0 Å². The van der Waals surface area contributed by atoms with Gasteiger partial charge in [-0.1, -0.05) is 44.5 Å². The van der Waals surface area contributed by atoms with E-state index in [-0.39, 0.29) is 55.2 Å². The highest BCUT2D eigenvalue weighted by Gasteiger charge is 2.36. The summed E-state index contributed by atoms with van der Waals surface area (Å²) < 4.78 is 0. The molecule has 16 N–H and O–H groups in total. The molecule has 0 aromatic heterocycles. The fourth-order valence-corrected chi connectivity index (χ4v) is 7.33. The van der Waals surface area contributed by atoms with Gasteiger partial charge in [-0.25, -0.2) is 4.79 Å². The average molecular weight is 1050 g/mol. The number of amides is 7. The fourth-order valence-electron chi connectivity index (χ4n) is 6.83. The van der Waals surface area contributed by atoms with E-state index in [0.29, 0.717) is 30.4 Å². The zero-order valence-corrected chi connectivity index (χ0v) is 41.7. The van der Waals surface area contributed by atoms with Crippen molar-refractivity contribution in [3.63, 3.8) is 0 Å². The molecule has 24 nitrogen and oxygen atoms in total. The number of carbonyl (C=O) groups is 10. The molecular weight excluding hydrogens is 983 g/mol. The topological polar surface area (TPSA) is 408 Å². The number of phenols is 2. The summed E-state index contributed by atoms with van der Waals surface area (Å²) in [5.41, 5.74) is 12.5. The Morgan fingerprint density at radius 1 is 0.514 bits per heavy atom. The van der Waals surface area contributed by atoms with Crippen molar-refractivity contribution in [2.24, 2.45) is 17.4 Å². The second-order valence-electron chi connectivity index (χ2n) is 16.9. The molecule has 9 atom stereocenters. The smallest absolute Gasteiger partial charge is 0.327 e. The number of nitrogens with one attached hydrogen (secondary N) is 7. The van der Waals surface area contributed by atoms with Crippen molar-refractivity contribution in [2.45, 2.75) is 126 Å². The number of hydrogen-bond acceptors (Lipinski definition) is 16. The van der Waals surface area contributed by atoms with Crippen molar-refractivity contribution in [3.05, 3.63) is 59.7 Å². The molecule has 2 rings (SSSR count). The first-order chi connectivity index (χ1) is 34.0. The van der Waals surface area contributed by atoms with Crippen LogP contribution in [0.15, 0.2) is 48.5 Å². The summed E-state index contributed by atoms with van der Waals surface area (Å²) in [4.78, 5) is 131. The Morgan fingerprint density at radius 2 is 0.903 bits per heavy atom. The zero-order valence-electron chi connectivity index (χ0n) is 39.9. The van der Waals surface area contributed by atoms with Crippen LogP contribution in [0, 0.1) is 5.92 Å². The van der Waals surface area contributed by atoms with Crippen LogP contribution >= 0.6 is 25.3 Å². The third kappa shape index (κ3) is 21.8. The van der Waals surface area contributed by atoms with E-state index < -0.39 is 133 Å². The highest BCUT2D eigenvalue weighted by molar-refractivity contribution is 7.80. The molecule has 398 valence electrons. The molecule has 0 bridgehead atoms. The molecule has 0 aliphatic heterocycles. The number of carboxylic acids is 3. The van der Waals surface area contributed by atoms with Gasteiger partial charge < -0.3 is 74.2 Å². The van der Waals surface area contributed by atoms with Gasteiger partial charge in [-0.15, -0.1) is 0 Å². The molecule has 0 unspecified atom stereocenters. The largest absolute Gasteiger partial charge is 0.508 e. The third-order valence-electron chi connectivity index (χ3n) is 11.3. The standard InChI is InChI=1S/C46H67N9O15S2/c1-3-24(2)38(55-43(66)33(21-26-9-13-28(57)14-10-26)51-39(62)29(48)15-17-36(58)59)45(68)50-30(6-4-5-19-47)40(63)53-34(22-71)44(67)49-31(16-18-37(60)61)41(64)52-32(20-25-7-11-27(56)12-8-25)42(65)54-35(23-72)46(69)70/h7-14,24,29-35,38,56-57,71-72H,3-6,15-23,47-48H2,1-2H3,(H,49,67)(H,50,68)(H,51,62)(H,52,64)(H,53,63)(H,54,65)(H,55,66)(H,58,59)(H,60,61)(H,69,70)/t24-,29-,30-,31-,32-,33-,34-,35-,38-/m0/s1. The van der Waals surface area contributed by atoms with E-state index in [1.807, 2.05) is 0 Å². The van der Waals surface area contributed by atoms with Gasteiger partial charge in [0.05, 0.1) is 6.04 Å². The number of phenolic OH excluding ortho intramolecular Hbond substituents is 2. The van der Waals surface area contributed by atoms with Gasteiger partial charge in [0.25, 0.3) is 0 Å². The predicted molar refractivity (Wildman–Crippen MR) is 267 cm³/mol. The van der Waals surface area contributed by atoms with Crippen molar-refractivity contribution in [1.29, 1.82) is 0 Å². The quantitative estimate of drug-likeness (QED) is 0.0284. The second kappa shape index (κ2) is 31.6.